The number of fused-ring (bicyclic) bond motifs is 1. The van der Waals surface area contributed by atoms with E-state index < -0.39 is 10.8 Å². The molecule has 1 N–H and O–H groups in total. The summed E-state index contributed by atoms with van der Waals surface area (Å²) in [5.74, 6) is -0.558. The molecule has 0 spiro atoms. The molecule has 10 nitrogen and oxygen atoms in total. The molecule has 0 saturated carbocycles. The summed E-state index contributed by atoms with van der Waals surface area (Å²) in [7, 11) is 0. The SMILES string of the molecule is O=C(NCCn1ncc2c(=O)n(Cc3cccc(Cl)c3)cnc21)c1cc([N+](=O)[O-])ccc1Cl. The molecule has 0 aliphatic carbocycles. The first-order valence-electron chi connectivity index (χ1n) is 9.71. The van der Waals surface area contributed by atoms with E-state index in [1.54, 1.807) is 12.1 Å². The summed E-state index contributed by atoms with van der Waals surface area (Å²) < 4.78 is 2.96. The lowest BCUT2D eigenvalue weighted by Crippen LogP contribution is -2.28. The zero-order chi connectivity index (χ0) is 23.5. The van der Waals surface area contributed by atoms with Gasteiger partial charge in [-0.3, -0.25) is 24.3 Å². The topological polar surface area (TPSA) is 125 Å². The number of aromatic nitrogens is 4. The number of carbonyl (C=O) groups is 1. The Morgan fingerprint density at radius 2 is 2.00 bits per heavy atom. The van der Waals surface area contributed by atoms with Gasteiger partial charge in [0.15, 0.2) is 5.65 Å². The third-order valence-corrected chi connectivity index (χ3v) is 5.44. The second-order valence-electron chi connectivity index (χ2n) is 7.09. The molecule has 0 aliphatic rings. The molecule has 4 rings (SSSR count). The molecular weight excluding hydrogens is 471 g/mol. The number of nitro groups is 1. The molecule has 0 bridgehead atoms. The molecule has 2 aromatic carbocycles. The van der Waals surface area contributed by atoms with Gasteiger partial charge < -0.3 is 5.32 Å². The Balaban J connectivity index is 1.46. The number of nitro benzene ring substituents is 1. The lowest BCUT2D eigenvalue weighted by Gasteiger charge is -2.08. The predicted octanol–water partition coefficient (Wildman–Crippen LogP) is 3.29. The Hall–Kier alpha value is -3.76. The van der Waals surface area contributed by atoms with Gasteiger partial charge in [-0.15, -0.1) is 0 Å². The maximum atomic E-state index is 12.8. The van der Waals surface area contributed by atoms with Crippen molar-refractivity contribution in [1.29, 1.82) is 0 Å². The zero-order valence-corrected chi connectivity index (χ0v) is 18.5. The van der Waals surface area contributed by atoms with Gasteiger partial charge in [0.05, 0.1) is 34.8 Å². The molecule has 0 saturated heterocycles. The molecule has 0 radical (unpaired) electrons. The van der Waals surface area contributed by atoms with Gasteiger partial charge in [0.1, 0.15) is 11.7 Å². The number of hydrogen-bond acceptors (Lipinski definition) is 6. The second kappa shape index (κ2) is 9.39. The maximum absolute atomic E-state index is 12.8. The normalized spacial score (nSPS) is 11.0. The van der Waals surface area contributed by atoms with E-state index in [0.29, 0.717) is 22.6 Å². The largest absolute Gasteiger partial charge is 0.350 e. The number of rotatable bonds is 7. The molecule has 0 fully saturated rings. The van der Waals surface area contributed by atoms with Crippen molar-refractivity contribution in [3.05, 3.63) is 96.6 Å². The van der Waals surface area contributed by atoms with Crippen molar-refractivity contribution in [2.75, 3.05) is 6.54 Å². The molecule has 0 unspecified atom stereocenters. The first-order chi connectivity index (χ1) is 15.8. The number of benzene rings is 2. The van der Waals surface area contributed by atoms with E-state index in [1.165, 1.54) is 33.9 Å². The van der Waals surface area contributed by atoms with Gasteiger partial charge in [0.25, 0.3) is 17.2 Å². The minimum Gasteiger partial charge on any atom is -0.350 e. The Bertz CT molecular complexity index is 1430. The average molecular weight is 487 g/mol. The van der Waals surface area contributed by atoms with Gasteiger partial charge >= 0.3 is 0 Å². The molecule has 12 heteroatoms. The highest BCUT2D eigenvalue weighted by molar-refractivity contribution is 6.34. The van der Waals surface area contributed by atoms with Crippen LogP contribution in [0.1, 0.15) is 15.9 Å². The summed E-state index contributed by atoms with van der Waals surface area (Å²) >= 11 is 12.0. The van der Waals surface area contributed by atoms with Gasteiger partial charge in [0.2, 0.25) is 0 Å². The Morgan fingerprint density at radius 1 is 1.18 bits per heavy atom. The lowest BCUT2D eigenvalue weighted by atomic mass is 10.2. The van der Waals surface area contributed by atoms with E-state index in [2.05, 4.69) is 15.4 Å². The van der Waals surface area contributed by atoms with Crippen molar-refractivity contribution < 1.29 is 9.72 Å². The minimum atomic E-state index is -0.603. The fraction of sp³-hybridized carbons (Fsp3) is 0.143. The fourth-order valence-corrected chi connectivity index (χ4v) is 3.69. The standard InChI is InChI=1S/C21H16Cl2N6O4/c22-14-3-1-2-13(8-14)11-27-12-25-19-17(21(27)31)10-26-28(19)7-6-24-20(30)16-9-15(29(32)33)4-5-18(16)23/h1-5,8-10,12H,6-7,11H2,(H,24,30). The average Bonchev–Trinajstić information content (AvgIpc) is 3.19. The van der Waals surface area contributed by atoms with Crippen LogP contribution in [0, 0.1) is 10.1 Å². The van der Waals surface area contributed by atoms with Crippen LogP contribution in [0.4, 0.5) is 5.69 Å². The van der Waals surface area contributed by atoms with E-state index in [-0.39, 0.29) is 34.9 Å². The summed E-state index contributed by atoms with van der Waals surface area (Å²) in [6.45, 7) is 0.683. The quantitative estimate of drug-likeness (QED) is 0.315. The summed E-state index contributed by atoms with van der Waals surface area (Å²) in [6.07, 6.45) is 2.86. The number of carbonyl (C=O) groups excluding carboxylic acids is 1. The van der Waals surface area contributed by atoms with E-state index in [9.17, 15) is 19.7 Å². The Morgan fingerprint density at radius 3 is 2.76 bits per heavy atom. The summed E-state index contributed by atoms with van der Waals surface area (Å²) in [5.41, 5.74) is 0.753. The monoisotopic (exact) mass is 486 g/mol. The van der Waals surface area contributed by atoms with E-state index >= 15 is 0 Å². The molecule has 168 valence electrons. The van der Waals surface area contributed by atoms with Gasteiger partial charge in [0, 0.05) is 23.7 Å². The van der Waals surface area contributed by atoms with Crippen molar-refractivity contribution in [3.63, 3.8) is 0 Å². The van der Waals surface area contributed by atoms with Gasteiger partial charge in [-0.1, -0.05) is 35.3 Å². The van der Waals surface area contributed by atoms with E-state index in [4.69, 9.17) is 23.2 Å². The number of hydrogen-bond donors (Lipinski definition) is 1. The first-order valence-corrected chi connectivity index (χ1v) is 10.5. The van der Waals surface area contributed by atoms with E-state index in [0.717, 1.165) is 11.6 Å². The van der Waals surface area contributed by atoms with Crippen molar-refractivity contribution in [2.45, 2.75) is 13.1 Å². The molecule has 2 heterocycles. The number of amides is 1. The second-order valence-corrected chi connectivity index (χ2v) is 7.93. The van der Waals surface area contributed by atoms with Crippen LogP contribution in [-0.2, 0) is 13.1 Å². The lowest BCUT2D eigenvalue weighted by molar-refractivity contribution is -0.384. The highest BCUT2D eigenvalue weighted by Gasteiger charge is 2.16. The number of nitrogens with one attached hydrogen (secondary N) is 1. The third-order valence-electron chi connectivity index (χ3n) is 4.88. The smallest absolute Gasteiger partial charge is 0.270 e. The van der Waals surface area contributed by atoms with Crippen LogP contribution in [0.25, 0.3) is 11.0 Å². The number of halogens is 2. The summed E-state index contributed by atoms with van der Waals surface area (Å²) in [6, 6.07) is 10.8. The number of non-ortho nitro benzene ring substituents is 1. The predicted molar refractivity (Wildman–Crippen MR) is 123 cm³/mol. The van der Waals surface area contributed by atoms with Crippen LogP contribution in [0.5, 0.6) is 0 Å². The Labute approximate surface area is 196 Å². The van der Waals surface area contributed by atoms with Crippen molar-refractivity contribution in [2.24, 2.45) is 0 Å². The maximum Gasteiger partial charge on any atom is 0.270 e. The highest BCUT2D eigenvalue weighted by atomic mass is 35.5. The Kier molecular flexibility index (Phi) is 6.38. The molecule has 0 aliphatic heterocycles. The van der Waals surface area contributed by atoms with Crippen LogP contribution in [0.3, 0.4) is 0 Å². The molecule has 2 aromatic heterocycles. The molecular formula is C21H16Cl2N6O4. The van der Waals surface area contributed by atoms with Gasteiger partial charge in [-0.05, 0) is 23.8 Å². The van der Waals surface area contributed by atoms with Crippen LogP contribution < -0.4 is 10.9 Å². The molecule has 33 heavy (non-hydrogen) atoms. The molecule has 4 aromatic rings. The minimum absolute atomic E-state index is 0.00165. The van der Waals surface area contributed by atoms with Crippen molar-refractivity contribution in [3.8, 4) is 0 Å². The molecule has 1 amide bonds. The van der Waals surface area contributed by atoms with E-state index in [1.807, 2.05) is 12.1 Å². The van der Waals surface area contributed by atoms with Gasteiger partial charge in [-0.25, -0.2) is 9.67 Å². The van der Waals surface area contributed by atoms with Crippen LogP contribution in [0.2, 0.25) is 10.0 Å². The summed E-state index contributed by atoms with van der Waals surface area (Å²) in [5, 5.41) is 18.8. The van der Waals surface area contributed by atoms with Crippen molar-refractivity contribution in [1.82, 2.24) is 24.6 Å². The zero-order valence-electron chi connectivity index (χ0n) is 16.9. The highest BCUT2D eigenvalue weighted by Crippen LogP contribution is 2.22. The first kappa shape index (κ1) is 22.4. The number of nitrogens with zero attached hydrogens (tertiary/aromatic N) is 5. The van der Waals surface area contributed by atoms with Crippen molar-refractivity contribution >= 4 is 45.8 Å². The van der Waals surface area contributed by atoms with Crippen LogP contribution in [-0.4, -0.2) is 36.7 Å². The fourth-order valence-electron chi connectivity index (χ4n) is 3.28. The van der Waals surface area contributed by atoms with Crippen LogP contribution >= 0.6 is 23.2 Å². The third kappa shape index (κ3) is 4.86. The van der Waals surface area contributed by atoms with Gasteiger partial charge in [-0.2, -0.15) is 5.10 Å². The molecule has 0 atom stereocenters. The van der Waals surface area contributed by atoms with Crippen LogP contribution in [0.15, 0.2) is 59.8 Å². The summed E-state index contributed by atoms with van der Waals surface area (Å²) in [4.78, 5) is 39.9.